The van der Waals surface area contributed by atoms with Gasteiger partial charge in [0, 0.05) is 24.3 Å². The smallest absolute Gasteiger partial charge is 0.329 e. The Hall–Kier alpha value is -2.76. The molecule has 31 heavy (non-hydrogen) atoms. The van der Waals surface area contributed by atoms with Gasteiger partial charge in [0.15, 0.2) is 0 Å². The van der Waals surface area contributed by atoms with Crippen LogP contribution in [0.1, 0.15) is 17.7 Å². The molecule has 3 atom stereocenters. The number of nitrogens with one attached hydrogen (secondary N) is 1. The van der Waals surface area contributed by atoms with Gasteiger partial charge in [0.1, 0.15) is 25.3 Å². The van der Waals surface area contributed by atoms with E-state index in [2.05, 4.69) is 11.9 Å². The molecule has 0 aromatic carbocycles. The predicted octanol–water partition coefficient (Wildman–Crippen LogP) is -0.0759. The van der Waals surface area contributed by atoms with E-state index in [9.17, 15) is 19.2 Å². The largest absolute Gasteiger partial charge is 0.480 e. The summed E-state index contributed by atoms with van der Waals surface area (Å²) < 4.78 is 10.5. The van der Waals surface area contributed by atoms with Crippen LogP contribution in [0.3, 0.4) is 0 Å². The first-order valence-corrected chi connectivity index (χ1v) is 10.6. The quantitative estimate of drug-likeness (QED) is 0.375. The van der Waals surface area contributed by atoms with Crippen molar-refractivity contribution in [2.45, 2.75) is 37.5 Å². The van der Waals surface area contributed by atoms with E-state index in [1.807, 2.05) is 17.5 Å². The molecule has 1 saturated heterocycles. The van der Waals surface area contributed by atoms with Gasteiger partial charge in [-0.1, -0.05) is 12.1 Å². The number of hydrogen-bond donors (Lipinski definition) is 3. The summed E-state index contributed by atoms with van der Waals surface area (Å²) >= 11 is 1.44. The molecule has 1 aliphatic heterocycles. The van der Waals surface area contributed by atoms with Gasteiger partial charge in [0.2, 0.25) is 17.7 Å². The van der Waals surface area contributed by atoms with E-state index in [1.54, 1.807) is 6.08 Å². The Bertz CT molecular complexity index is 784. The summed E-state index contributed by atoms with van der Waals surface area (Å²) in [5.41, 5.74) is 5.47. The number of thiophene rings is 1. The SMILES string of the molecule is C=CCO[C@H]1CCN(C(=O)COCC(=O)O)[C@H](C(=O)N[C@@H](Cc2cccs2)C(N)=O)C1. The molecular formula is C20H27N3O7S. The van der Waals surface area contributed by atoms with E-state index < -0.39 is 49.0 Å². The van der Waals surface area contributed by atoms with Crippen molar-refractivity contribution in [1.29, 1.82) is 0 Å². The van der Waals surface area contributed by atoms with Crippen LogP contribution in [0.25, 0.3) is 0 Å². The summed E-state index contributed by atoms with van der Waals surface area (Å²) in [7, 11) is 0. The summed E-state index contributed by atoms with van der Waals surface area (Å²) in [6.45, 7) is 3.04. The molecule has 11 heteroatoms. The number of primary amides is 1. The number of hydrogen-bond acceptors (Lipinski definition) is 7. The lowest BCUT2D eigenvalue weighted by molar-refractivity contribution is -0.152. The van der Waals surface area contributed by atoms with E-state index in [4.69, 9.17) is 20.3 Å². The average molecular weight is 454 g/mol. The van der Waals surface area contributed by atoms with Crippen LogP contribution in [0.2, 0.25) is 0 Å². The van der Waals surface area contributed by atoms with Gasteiger partial charge < -0.3 is 30.5 Å². The van der Waals surface area contributed by atoms with Crippen molar-refractivity contribution in [3.05, 3.63) is 35.0 Å². The summed E-state index contributed by atoms with van der Waals surface area (Å²) in [5.74, 6) is -2.92. The number of nitrogens with two attached hydrogens (primary N) is 1. The highest BCUT2D eigenvalue weighted by molar-refractivity contribution is 7.09. The fourth-order valence-electron chi connectivity index (χ4n) is 3.26. The van der Waals surface area contributed by atoms with Crippen molar-refractivity contribution in [3.8, 4) is 0 Å². The number of carboxylic acids is 1. The van der Waals surface area contributed by atoms with Crippen LogP contribution in [0, 0.1) is 0 Å². The van der Waals surface area contributed by atoms with Gasteiger partial charge in [-0.2, -0.15) is 0 Å². The second-order valence-electron chi connectivity index (χ2n) is 7.00. The van der Waals surface area contributed by atoms with Gasteiger partial charge in [-0.15, -0.1) is 17.9 Å². The van der Waals surface area contributed by atoms with E-state index in [-0.39, 0.29) is 25.5 Å². The molecule has 0 saturated carbocycles. The van der Waals surface area contributed by atoms with Crippen molar-refractivity contribution in [3.63, 3.8) is 0 Å². The number of carbonyl (C=O) groups is 4. The van der Waals surface area contributed by atoms with Gasteiger partial charge in [-0.25, -0.2) is 4.79 Å². The van der Waals surface area contributed by atoms with Crippen LogP contribution in [0.15, 0.2) is 30.2 Å². The van der Waals surface area contributed by atoms with E-state index >= 15 is 0 Å². The molecule has 0 spiro atoms. The average Bonchev–Trinajstić information content (AvgIpc) is 3.24. The van der Waals surface area contributed by atoms with Crippen LogP contribution < -0.4 is 11.1 Å². The fourth-order valence-corrected chi connectivity index (χ4v) is 4.02. The van der Waals surface area contributed by atoms with Crippen LogP contribution in [-0.4, -0.2) is 78.3 Å². The number of rotatable bonds is 12. The molecule has 0 aliphatic carbocycles. The summed E-state index contributed by atoms with van der Waals surface area (Å²) in [6, 6.07) is 1.83. The number of carboxylic acid groups (broad SMARTS) is 1. The van der Waals surface area contributed by atoms with Gasteiger partial charge >= 0.3 is 5.97 Å². The minimum Gasteiger partial charge on any atom is -0.480 e. The van der Waals surface area contributed by atoms with Gasteiger partial charge in [-0.3, -0.25) is 14.4 Å². The number of likely N-dealkylation sites (tertiary alicyclic amines) is 1. The van der Waals surface area contributed by atoms with Crippen molar-refractivity contribution in [2.24, 2.45) is 5.73 Å². The number of nitrogens with zero attached hydrogens (tertiary/aromatic N) is 1. The van der Waals surface area contributed by atoms with Crippen molar-refractivity contribution < 1.29 is 33.8 Å². The monoisotopic (exact) mass is 453 g/mol. The van der Waals surface area contributed by atoms with Crippen LogP contribution in [-0.2, 0) is 35.1 Å². The maximum Gasteiger partial charge on any atom is 0.329 e. The summed E-state index contributed by atoms with van der Waals surface area (Å²) in [5, 5.41) is 13.2. The first-order valence-electron chi connectivity index (χ1n) is 9.75. The Morgan fingerprint density at radius 2 is 2.16 bits per heavy atom. The van der Waals surface area contributed by atoms with Crippen molar-refractivity contribution >= 4 is 35.0 Å². The van der Waals surface area contributed by atoms with Crippen LogP contribution in [0.4, 0.5) is 0 Å². The van der Waals surface area contributed by atoms with Gasteiger partial charge in [0.25, 0.3) is 0 Å². The van der Waals surface area contributed by atoms with Crippen LogP contribution in [0.5, 0.6) is 0 Å². The highest BCUT2D eigenvalue weighted by Crippen LogP contribution is 2.21. The molecule has 10 nitrogen and oxygen atoms in total. The first-order chi connectivity index (χ1) is 14.8. The summed E-state index contributed by atoms with van der Waals surface area (Å²) in [6.07, 6.45) is 2.28. The standard InChI is InChI=1S/C20H27N3O7S/c1-2-7-30-13-5-6-23(17(24)11-29-12-18(25)26)16(9-13)20(28)22-15(19(21)27)10-14-4-3-8-31-14/h2-4,8,13,15-16H,1,5-7,9-12H2,(H2,21,27)(H,22,28)(H,25,26)/t13-,15-,16-/m0/s1. The zero-order valence-electron chi connectivity index (χ0n) is 17.0. The zero-order chi connectivity index (χ0) is 22.8. The molecule has 1 fully saturated rings. The fraction of sp³-hybridized carbons (Fsp3) is 0.500. The molecular weight excluding hydrogens is 426 g/mol. The minimum absolute atomic E-state index is 0.217. The molecule has 0 radical (unpaired) electrons. The molecule has 2 rings (SSSR count). The van der Waals surface area contributed by atoms with Gasteiger partial charge in [-0.05, 0) is 17.9 Å². The molecule has 1 aromatic heterocycles. The molecule has 1 aromatic rings. The molecule has 4 N–H and O–H groups in total. The van der Waals surface area contributed by atoms with E-state index in [1.165, 1.54) is 16.2 Å². The maximum atomic E-state index is 13.0. The van der Waals surface area contributed by atoms with E-state index in [0.29, 0.717) is 13.0 Å². The maximum absolute atomic E-state index is 13.0. The molecule has 170 valence electrons. The Labute approximate surface area is 184 Å². The number of ether oxygens (including phenoxy) is 2. The Kier molecular flexibility index (Phi) is 9.63. The molecule has 3 amide bonds. The third-order valence-electron chi connectivity index (χ3n) is 4.72. The third kappa shape index (κ3) is 7.78. The normalized spacial score (nSPS) is 19.4. The van der Waals surface area contributed by atoms with Crippen LogP contribution >= 0.6 is 11.3 Å². The first kappa shape index (κ1) is 24.5. The number of piperidine rings is 1. The second kappa shape index (κ2) is 12.2. The Morgan fingerprint density at radius 1 is 1.39 bits per heavy atom. The van der Waals surface area contributed by atoms with E-state index in [0.717, 1.165) is 4.88 Å². The predicted molar refractivity (Wildman–Crippen MR) is 112 cm³/mol. The zero-order valence-corrected chi connectivity index (χ0v) is 17.8. The second-order valence-corrected chi connectivity index (χ2v) is 8.04. The Morgan fingerprint density at radius 3 is 2.77 bits per heavy atom. The lowest BCUT2D eigenvalue weighted by Crippen LogP contribution is -2.58. The highest BCUT2D eigenvalue weighted by atomic mass is 32.1. The topological polar surface area (TPSA) is 148 Å². The Balaban J connectivity index is 2.09. The minimum atomic E-state index is -1.20. The van der Waals surface area contributed by atoms with Crippen molar-refractivity contribution in [1.82, 2.24) is 10.2 Å². The lowest BCUT2D eigenvalue weighted by Gasteiger charge is -2.38. The molecule has 1 aliphatic rings. The third-order valence-corrected chi connectivity index (χ3v) is 5.62. The van der Waals surface area contributed by atoms with Gasteiger partial charge in [0.05, 0.1) is 12.7 Å². The number of amides is 3. The number of carbonyl (C=O) groups excluding carboxylic acids is 3. The van der Waals surface area contributed by atoms with Crippen molar-refractivity contribution in [2.75, 3.05) is 26.4 Å². The lowest BCUT2D eigenvalue weighted by atomic mass is 9.97. The molecule has 0 unspecified atom stereocenters. The summed E-state index contributed by atoms with van der Waals surface area (Å²) in [4.78, 5) is 50.3. The highest BCUT2D eigenvalue weighted by Gasteiger charge is 2.37. The number of aliphatic carboxylic acids is 1. The molecule has 2 heterocycles. The molecule has 0 bridgehead atoms.